The number of carboxylic acids is 1. The van der Waals surface area contributed by atoms with Gasteiger partial charge in [-0.05, 0) is 60.2 Å². The Hall–Kier alpha value is -4.73. The third-order valence-corrected chi connectivity index (χ3v) is 6.92. The van der Waals surface area contributed by atoms with Gasteiger partial charge in [-0.25, -0.2) is 4.79 Å². The van der Waals surface area contributed by atoms with Gasteiger partial charge in [-0.15, -0.1) is 0 Å². The highest BCUT2D eigenvalue weighted by atomic mass is 16.6. The number of carbonyl (C=O) groups excluding carboxylic acids is 2. The van der Waals surface area contributed by atoms with Crippen molar-refractivity contribution in [1.82, 2.24) is 5.32 Å². The predicted molar refractivity (Wildman–Crippen MR) is 149 cm³/mol. The van der Waals surface area contributed by atoms with Gasteiger partial charge in [0.25, 0.3) is 11.6 Å². The molecule has 208 valence electrons. The maximum Gasteiger partial charge on any atom is 0.420 e. The number of carboxylic acid groups (broad SMARTS) is 1. The van der Waals surface area contributed by atoms with Crippen LogP contribution in [0.25, 0.3) is 0 Å². The quantitative estimate of drug-likeness (QED) is 0.233. The number of rotatable bonds is 10. The van der Waals surface area contributed by atoms with Gasteiger partial charge in [-0.1, -0.05) is 49.6 Å². The lowest BCUT2D eigenvalue weighted by molar-refractivity contribution is -0.384. The molecule has 0 bridgehead atoms. The number of anilines is 1. The van der Waals surface area contributed by atoms with E-state index >= 15 is 0 Å². The summed E-state index contributed by atoms with van der Waals surface area (Å²) < 4.78 is 5.54. The van der Waals surface area contributed by atoms with E-state index in [0.29, 0.717) is 17.2 Å². The Morgan fingerprint density at radius 3 is 2.33 bits per heavy atom. The summed E-state index contributed by atoms with van der Waals surface area (Å²) in [6, 6.07) is 19.9. The molecule has 0 atom stereocenters. The summed E-state index contributed by atoms with van der Waals surface area (Å²) in [5, 5.41) is 22.5. The van der Waals surface area contributed by atoms with Crippen LogP contribution in [-0.2, 0) is 11.3 Å². The molecule has 10 heteroatoms. The van der Waals surface area contributed by atoms with Crippen LogP contribution < -0.4 is 15.0 Å². The van der Waals surface area contributed by atoms with E-state index in [-0.39, 0.29) is 30.9 Å². The number of nitro groups is 1. The van der Waals surface area contributed by atoms with Crippen LogP contribution in [0.1, 0.15) is 65.9 Å². The van der Waals surface area contributed by atoms with Gasteiger partial charge in [0.1, 0.15) is 5.75 Å². The summed E-state index contributed by atoms with van der Waals surface area (Å²) in [6.07, 6.45) is 5.09. The van der Waals surface area contributed by atoms with E-state index < -0.39 is 22.9 Å². The van der Waals surface area contributed by atoms with Crippen molar-refractivity contribution in [2.45, 2.75) is 51.0 Å². The number of nitrogens with one attached hydrogen (secondary N) is 1. The van der Waals surface area contributed by atoms with Crippen LogP contribution in [0.5, 0.6) is 5.75 Å². The van der Waals surface area contributed by atoms with E-state index in [4.69, 9.17) is 9.84 Å². The molecule has 0 spiro atoms. The minimum atomic E-state index is -1.00. The molecule has 1 fully saturated rings. The zero-order valence-corrected chi connectivity index (χ0v) is 22.0. The fraction of sp³-hybridized carbons (Fsp3) is 0.300. The van der Waals surface area contributed by atoms with Crippen molar-refractivity contribution in [3.8, 4) is 5.75 Å². The first kappa shape index (κ1) is 28.3. The number of carbonyl (C=O) groups is 3. The van der Waals surface area contributed by atoms with Crippen molar-refractivity contribution in [1.29, 1.82) is 0 Å². The molecule has 0 radical (unpaired) electrons. The molecule has 3 aromatic rings. The number of non-ortho nitro benzene ring substituents is 1. The van der Waals surface area contributed by atoms with Crippen molar-refractivity contribution < 1.29 is 29.2 Å². The normalized spacial score (nSPS) is 13.3. The average Bonchev–Trinajstić information content (AvgIpc) is 2.96. The maximum absolute atomic E-state index is 13.4. The van der Waals surface area contributed by atoms with Gasteiger partial charge in [-0.3, -0.25) is 24.6 Å². The second-order valence-corrected chi connectivity index (χ2v) is 9.73. The Bertz CT molecular complexity index is 1350. The Kier molecular flexibility index (Phi) is 9.45. The topological polar surface area (TPSA) is 139 Å². The SMILES string of the molecule is O=C(O)CCNC(=O)c1ccc(CN(C(=O)Oc2cccc([N+](=O)[O-])c2)c2ccc(C3CCCCC3)cc2)cc1. The fourth-order valence-electron chi connectivity index (χ4n) is 4.77. The molecule has 2 amide bonds. The molecule has 2 N–H and O–H groups in total. The molecule has 10 nitrogen and oxygen atoms in total. The van der Waals surface area contributed by atoms with Crippen LogP contribution in [-0.4, -0.2) is 34.5 Å². The highest BCUT2D eigenvalue weighted by molar-refractivity contribution is 5.94. The van der Waals surface area contributed by atoms with Gasteiger partial charge in [-0.2, -0.15) is 0 Å². The second kappa shape index (κ2) is 13.4. The van der Waals surface area contributed by atoms with Gasteiger partial charge >= 0.3 is 12.1 Å². The molecule has 0 aliphatic heterocycles. The Morgan fingerprint density at radius 2 is 1.68 bits per heavy atom. The minimum absolute atomic E-state index is 0.0179. The van der Waals surface area contributed by atoms with Crippen molar-refractivity contribution in [2.24, 2.45) is 0 Å². The molecule has 4 rings (SSSR count). The van der Waals surface area contributed by atoms with Crippen LogP contribution in [0.3, 0.4) is 0 Å². The Balaban J connectivity index is 1.53. The third-order valence-electron chi connectivity index (χ3n) is 6.92. The largest absolute Gasteiger partial charge is 0.481 e. The van der Waals surface area contributed by atoms with Gasteiger partial charge in [0.05, 0.1) is 24.0 Å². The van der Waals surface area contributed by atoms with Crippen molar-refractivity contribution >= 4 is 29.3 Å². The molecular weight excluding hydrogens is 514 g/mol. The first-order chi connectivity index (χ1) is 19.3. The summed E-state index contributed by atoms with van der Waals surface area (Å²) in [4.78, 5) is 48.4. The predicted octanol–water partition coefficient (Wildman–Crippen LogP) is 6.05. The minimum Gasteiger partial charge on any atom is -0.481 e. The average molecular weight is 546 g/mol. The highest BCUT2D eigenvalue weighted by Crippen LogP contribution is 2.34. The number of nitro benzene ring substituents is 1. The number of ether oxygens (including phenoxy) is 1. The van der Waals surface area contributed by atoms with E-state index in [9.17, 15) is 24.5 Å². The number of benzene rings is 3. The summed E-state index contributed by atoms with van der Waals surface area (Å²) in [5.74, 6) is -0.841. The first-order valence-electron chi connectivity index (χ1n) is 13.2. The third kappa shape index (κ3) is 7.66. The molecule has 0 saturated heterocycles. The molecular formula is C30H31N3O7. The number of hydrogen-bond acceptors (Lipinski definition) is 6. The number of hydrogen-bond donors (Lipinski definition) is 2. The van der Waals surface area contributed by atoms with Crippen LogP contribution in [0.2, 0.25) is 0 Å². The van der Waals surface area contributed by atoms with Crippen molar-refractivity contribution in [2.75, 3.05) is 11.4 Å². The molecule has 0 unspecified atom stereocenters. The summed E-state index contributed by atoms with van der Waals surface area (Å²) in [7, 11) is 0. The zero-order chi connectivity index (χ0) is 28.5. The lowest BCUT2D eigenvalue weighted by Gasteiger charge is -2.25. The number of amides is 2. The van der Waals surface area contributed by atoms with Gasteiger partial charge in [0.15, 0.2) is 0 Å². The summed E-state index contributed by atoms with van der Waals surface area (Å²) in [5.41, 5.74) is 2.72. The monoisotopic (exact) mass is 545 g/mol. The van der Waals surface area contributed by atoms with Crippen molar-refractivity contribution in [3.05, 3.63) is 99.6 Å². The van der Waals surface area contributed by atoms with Crippen LogP contribution in [0.15, 0.2) is 72.8 Å². The molecule has 1 saturated carbocycles. The van der Waals surface area contributed by atoms with Gasteiger partial charge < -0.3 is 15.2 Å². The van der Waals surface area contributed by atoms with E-state index in [2.05, 4.69) is 5.32 Å². The Morgan fingerprint density at radius 1 is 0.975 bits per heavy atom. The highest BCUT2D eigenvalue weighted by Gasteiger charge is 2.22. The zero-order valence-electron chi connectivity index (χ0n) is 22.0. The smallest absolute Gasteiger partial charge is 0.420 e. The van der Waals surface area contributed by atoms with Gasteiger partial charge in [0.2, 0.25) is 0 Å². The molecule has 3 aromatic carbocycles. The van der Waals surface area contributed by atoms with E-state index in [1.54, 1.807) is 24.3 Å². The summed E-state index contributed by atoms with van der Waals surface area (Å²) >= 11 is 0. The number of aliphatic carboxylic acids is 1. The van der Waals surface area contributed by atoms with E-state index in [0.717, 1.165) is 18.4 Å². The lowest BCUT2D eigenvalue weighted by Crippen LogP contribution is -2.33. The lowest BCUT2D eigenvalue weighted by atomic mass is 9.84. The molecule has 1 aliphatic carbocycles. The van der Waals surface area contributed by atoms with Crippen LogP contribution in [0, 0.1) is 10.1 Å². The fourth-order valence-corrected chi connectivity index (χ4v) is 4.77. The maximum atomic E-state index is 13.4. The second-order valence-electron chi connectivity index (χ2n) is 9.73. The molecule has 40 heavy (non-hydrogen) atoms. The molecule has 1 aliphatic rings. The molecule has 0 aromatic heterocycles. The molecule has 0 heterocycles. The Labute approximate surface area is 231 Å². The number of nitrogens with zero attached hydrogens (tertiary/aromatic N) is 2. The van der Waals surface area contributed by atoms with Crippen LogP contribution in [0.4, 0.5) is 16.2 Å². The summed E-state index contributed by atoms with van der Waals surface area (Å²) in [6.45, 7) is 0.140. The van der Waals surface area contributed by atoms with E-state index in [1.807, 2.05) is 24.3 Å². The van der Waals surface area contributed by atoms with Crippen LogP contribution >= 0.6 is 0 Å². The standard InChI is InChI=1S/C30H31N3O7/c34-28(35)17-18-31-29(36)24-11-9-21(10-12-24)20-32(30(37)40-27-8-4-7-26(19-27)33(38)39)25-15-13-23(14-16-25)22-5-2-1-3-6-22/h4,7-16,19,22H,1-3,5-6,17-18,20H2,(H,31,36)(H,34,35). The van der Waals surface area contributed by atoms with E-state index in [1.165, 1.54) is 54.0 Å². The first-order valence-corrected chi connectivity index (χ1v) is 13.2. The van der Waals surface area contributed by atoms with Gasteiger partial charge in [0, 0.05) is 23.9 Å². The van der Waals surface area contributed by atoms with Crippen molar-refractivity contribution in [3.63, 3.8) is 0 Å².